The molecule has 0 bridgehead atoms. The molecule has 1 aliphatic heterocycles. The van der Waals surface area contributed by atoms with E-state index in [9.17, 15) is 14.4 Å². The monoisotopic (exact) mass is 469 g/mol. The first-order chi connectivity index (χ1) is 16.8. The highest BCUT2D eigenvalue weighted by Gasteiger charge is 2.49. The molecule has 180 valence electrons. The Morgan fingerprint density at radius 2 is 1.74 bits per heavy atom. The van der Waals surface area contributed by atoms with Crippen LogP contribution >= 0.6 is 0 Å². The number of carbonyl (C=O) groups excluding carboxylic acids is 3. The number of fused-ring (bicyclic) bond motifs is 1. The molecule has 1 atom stereocenters. The minimum absolute atomic E-state index is 0.231. The lowest BCUT2D eigenvalue weighted by Gasteiger charge is -2.23. The molecule has 0 radical (unpaired) electrons. The summed E-state index contributed by atoms with van der Waals surface area (Å²) >= 11 is 0. The molecule has 0 saturated carbocycles. The smallest absolute Gasteiger partial charge is 0.325 e. The van der Waals surface area contributed by atoms with Gasteiger partial charge >= 0.3 is 6.03 Å². The van der Waals surface area contributed by atoms with Gasteiger partial charge in [-0.2, -0.15) is 0 Å². The predicted molar refractivity (Wildman–Crippen MR) is 134 cm³/mol. The molecule has 0 spiro atoms. The zero-order valence-corrected chi connectivity index (χ0v) is 20.6. The maximum Gasteiger partial charge on any atom is 0.325 e. The fourth-order valence-electron chi connectivity index (χ4n) is 5.46. The van der Waals surface area contributed by atoms with E-state index >= 15 is 0 Å². The Morgan fingerprint density at radius 3 is 2.51 bits per heavy atom. The van der Waals surface area contributed by atoms with Crippen molar-refractivity contribution in [3.05, 3.63) is 93.8 Å². The number of rotatable bonds is 7. The highest BCUT2D eigenvalue weighted by atomic mass is 16.2. The number of amides is 3. The molecule has 2 aromatic carbocycles. The second-order valence-corrected chi connectivity index (χ2v) is 9.88. The van der Waals surface area contributed by atoms with Crippen molar-refractivity contribution in [1.82, 2.24) is 14.8 Å². The minimum Gasteiger partial charge on any atom is -0.348 e. The van der Waals surface area contributed by atoms with Crippen LogP contribution in [0.1, 0.15) is 57.3 Å². The largest absolute Gasteiger partial charge is 0.348 e. The number of aryl methyl sites for hydroxylation is 4. The Hall–Kier alpha value is -3.67. The van der Waals surface area contributed by atoms with E-state index in [1.165, 1.54) is 16.7 Å². The molecular formula is C29H31N3O3. The van der Waals surface area contributed by atoms with E-state index in [0.717, 1.165) is 54.1 Å². The van der Waals surface area contributed by atoms with Crippen LogP contribution in [0.5, 0.6) is 0 Å². The van der Waals surface area contributed by atoms with E-state index in [4.69, 9.17) is 0 Å². The molecule has 5 rings (SSSR count). The first kappa shape index (κ1) is 23.1. The van der Waals surface area contributed by atoms with Crippen molar-refractivity contribution in [3.63, 3.8) is 0 Å². The first-order valence-electron chi connectivity index (χ1n) is 12.3. The summed E-state index contributed by atoms with van der Waals surface area (Å²) in [6.45, 7) is 6.12. The van der Waals surface area contributed by atoms with Gasteiger partial charge in [0.25, 0.3) is 5.91 Å². The Kier molecular flexibility index (Phi) is 5.83. The van der Waals surface area contributed by atoms with Crippen molar-refractivity contribution in [2.45, 2.75) is 58.5 Å². The van der Waals surface area contributed by atoms with Crippen LogP contribution in [0.4, 0.5) is 4.79 Å². The maximum atomic E-state index is 13.4. The normalized spacial score (nSPS) is 19.2. The lowest BCUT2D eigenvalue weighted by Crippen LogP contribution is -2.41. The highest BCUT2D eigenvalue weighted by molar-refractivity contribution is 6.11. The Labute approximate surface area is 205 Å². The average Bonchev–Trinajstić information content (AvgIpc) is 3.50. The Morgan fingerprint density at radius 1 is 1.00 bits per heavy atom. The molecule has 35 heavy (non-hydrogen) atoms. The number of hydrogen-bond acceptors (Lipinski definition) is 3. The van der Waals surface area contributed by atoms with Crippen molar-refractivity contribution in [1.29, 1.82) is 0 Å². The van der Waals surface area contributed by atoms with Gasteiger partial charge in [0.2, 0.25) is 0 Å². The van der Waals surface area contributed by atoms with Crippen LogP contribution in [-0.4, -0.2) is 33.7 Å². The number of nitrogens with zero attached hydrogens (tertiary/aromatic N) is 2. The summed E-state index contributed by atoms with van der Waals surface area (Å²) in [7, 11) is 0. The first-order valence-corrected chi connectivity index (χ1v) is 12.3. The Bertz CT molecular complexity index is 1320. The lowest BCUT2D eigenvalue weighted by atomic mass is 9.89. The molecule has 2 aliphatic rings. The maximum absolute atomic E-state index is 13.4. The van der Waals surface area contributed by atoms with Gasteiger partial charge in [-0.1, -0.05) is 48.5 Å². The van der Waals surface area contributed by atoms with Gasteiger partial charge in [0.05, 0.1) is 6.54 Å². The van der Waals surface area contributed by atoms with Crippen molar-refractivity contribution in [2.24, 2.45) is 0 Å². The Balaban J connectivity index is 1.33. The van der Waals surface area contributed by atoms with Gasteiger partial charge in [0, 0.05) is 23.5 Å². The minimum atomic E-state index is -1.17. The van der Waals surface area contributed by atoms with Gasteiger partial charge in [-0.3, -0.25) is 14.5 Å². The molecule has 1 fully saturated rings. The molecule has 6 nitrogen and oxygen atoms in total. The van der Waals surface area contributed by atoms with Crippen LogP contribution in [0.2, 0.25) is 0 Å². The summed E-state index contributed by atoms with van der Waals surface area (Å²) in [4.78, 5) is 40.6. The van der Waals surface area contributed by atoms with Gasteiger partial charge in [0.15, 0.2) is 5.78 Å². The zero-order valence-electron chi connectivity index (χ0n) is 20.6. The molecule has 6 heteroatoms. The fourth-order valence-corrected chi connectivity index (χ4v) is 5.46. The van der Waals surface area contributed by atoms with Gasteiger partial charge < -0.3 is 9.88 Å². The highest BCUT2D eigenvalue weighted by Crippen LogP contribution is 2.33. The standard InChI is InChI=1S/C29H31N3O3/c1-19-16-25(20(2)31(19)15-14-21-8-5-4-6-9-21)26(33)18-32-27(34)29(3,30-28(32)35)24-13-12-22-10-7-11-23(22)17-24/h4-6,8-9,12-13,16-17H,7,10-11,14-15,18H2,1-3H3,(H,30,35). The number of carbonyl (C=O) groups is 3. The lowest BCUT2D eigenvalue weighted by molar-refractivity contribution is -0.130. The summed E-state index contributed by atoms with van der Waals surface area (Å²) < 4.78 is 2.13. The third kappa shape index (κ3) is 4.07. The molecular weight excluding hydrogens is 438 g/mol. The fraction of sp³-hybridized carbons (Fsp3) is 0.345. The zero-order chi connectivity index (χ0) is 24.7. The van der Waals surface area contributed by atoms with Crippen LogP contribution in [-0.2, 0) is 36.1 Å². The number of hydrogen-bond donors (Lipinski definition) is 1. The van der Waals surface area contributed by atoms with Crippen LogP contribution in [0.15, 0.2) is 54.6 Å². The van der Waals surface area contributed by atoms with Crippen molar-refractivity contribution < 1.29 is 14.4 Å². The van der Waals surface area contributed by atoms with E-state index in [1.54, 1.807) is 6.92 Å². The van der Waals surface area contributed by atoms with Gasteiger partial charge in [-0.05, 0) is 74.8 Å². The number of imide groups is 1. The van der Waals surface area contributed by atoms with Gasteiger partial charge in [-0.25, -0.2) is 4.79 Å². The summed E-state index contributed by atoms with van der Waals surface area (Å²) in [5.41, 5.74) is 5.79. The number of aromatic nitrogens is 1. The molecule has 1 aliphatic carbocycles. The van der Waals surface area contributed by atoms with Crippen LogP contribution < -0.4 is 5.32 Å². The second kappa shape index (κ2) is 8.84. The number of ketones is 1. The van der Waals surface area contributed by atoms with Crippen LogP contribution in [0, 0.1) is 13.8 Å². The molecule has 2 heterocycles. The topological polar surface area (TPSA) is 71.4 Å². The van der Waals surface area contributed by atoms with Gasteiger partial charge in [-0.15, -0.1) is 0 Å². The number of benzene rings is 2. The second-order valence-electron chi connectivity index (χ2n) is 9.88. The van der Waals surface area contributed by atoms with E-state index < -0.39 is 11.6 Å². The third-order valence-electron chi connectivity index (χ3n) is 7.59. The molecule has 1 N–H and O–H groups in total. The average molecular weight is 470 g/mol. The number of Topliss-reactive ketones (excluding diaryl/α,β-unsaturated/α-hetero) is 1. The molecule has 1 saturated heterocycles. The summed E-state index contributed by atoms with van der Waals surface area (Å²) in [5.74, 6) is -0.613. The van der Waals surface area contributed by atoms with Crippen molar-refractivity contribution >= 4 is 17.7 Å². The molecule has 3 amide bonds. The molecule has 1 aromatic heterocycles. The summed E-state index contributed by atoms with van der Waals surface area (Å²) in [6, 6.07) is 17.6. The molecule has 1 unspecified atom stereocenters. The summed E-state index contributed by atoms with van der Waals surface area (Å²) in [6.07, 6.45) is 4.01. The third-order valence-corrected chi connectivity index (χ3v) is 7.59. The summed E-state index contributed by atoms with van der Waals surface area (Å²) in [5, 5.41) is 2.84. The predicted octanol–water partition coefficient (Wildman–Crippen LogP) is 4.49. The van der Waals surface area contributed by atoms with E-state index in [0.29, 0.717) is 5.56 Å². The number of urea groups is 1. The number of nitrogens with one attached hydrogen (secondary N) is 1. The van der Waals surface area contributed by atoms with Crippen molar-refractivity contribution in [3.8, 4) is 0 Å². The van der Waals surface area contributed by atoms with Crippen LogP contribution in [0.25, 0.3) is 0 Å². The quantitative estimate of drug-likeness (QED) is 0.410. The van der Waals surface area contributed by atoms with Crippen molar-refractivity contribution in [2.75, 3.05) is 6.54 Å². The molecule has 3 aromatic rings. The van der Waals surface area contributed by atoms with E-state index in [2.05, 4.69) is 28.1 Å². The van der Waals surface area contributed by atoms with E-state index in [-0.39, 0.29) is 18.2 Å². The van der Waals surface area contributed by atoms with E-state index in [1.807, 2.05) is 50.2 Å². The SMILES string of the molecule is Cc1cc(C(=O)CN2C(=O)NC(C)(c3ccc4c(c3)CCC4)C2=O)c(C)n1CCc1ccccc1. The van der Waals surface area contributed by atoms with Gasteiger partial charge in [0.1, 0.15) is 5.54 Å². The van der Waals surface area contributed by atoms with Crippen LogP contribution in [0.3, 0.4) is 0 Å².